The van der Waals surface area contributed by atoms with Crippen LogP contribution >= 0.6 is 0 Å². The van der Waals surface area contributed by atoms with Crippen LogP contribution in [0.1, 0.15) is 23.2 Å². The van der Waals surface area contributed by atoms with Crippen LogP contribution in [0.4, 0.5) is 30.4 Å². The summed E-state index contributed by atoms with van der Waals surface area (Å²) in [6.07, 6.45) is -4.54. The number of alkyl halides is 3. The highest BCUT2D eigenvalue weighted by Gasteiger charge is 2.48. The molecule has 2 fully saturated rings. The van der Waals surface area contributed by atoms with Crippen molar-refractivity contribution in [1.82, 2.24) is 14.8 Å². The first-order chi connectivity index (χ1) is 18.0. The third kappa shape index (κ3) is 5.22. The molecule has 1 N–H and O–H groups in total. The Labute approximate surface area is 220 Å². The molecule has 1 aromatic heterocycles. The van der Waals surface area contributed by atoms with Gasteiger partial charge in [-0.2, -0.15) is 13.2 Å². The molecular formula is C27H33F3N6O2. The molecule has 0 bridgehead atoms. The number of aryl methyl sites for hydroxylation is 2. The summed E-state index contributed by atoms with van der Waals surface area (Å²) >= 11 is 0. The molecule has 8 nitrogen and oxygen atoms in total. The second-order valence-electron chi connectivity index (χ2n) is 10.6. The van der Waals surface area contributed by atoms with Gasteiger partial charge >= 0.3 is 6.18 Å². The van der Waals surface area contributed by atoms with Gasteiger partial charge in [0.15, 0.2) is 0 Å². The first kappa shape index (κ1) is 26.4. The van der Waals surface area contributed by atoms with Crippen LogP contribution in [0.5, 0.6) is 0 Å². The zero-order valence-electron chi connectivity index (χ0n) is 21.9. The van der Waals surface area contributed by atoms with Gasteiger partial charge in [-0.05, 0) is 44.7 Å². The van der Waals surface area contributed by atoms with Gasteiger partial charge in [-0.15, -0.1) is 0 Å². The molecule has 0 saturated carbocycles. The molecule has 5 rings (SSSR count). The first-order valence-corrected chi connectivity index (χ1v) is 13.0. The zero-order chi connectivity index (χ0) is 27.2. The summed E-state index contributed by atoms with van der Waals surface area (Å²) in [6, 6.07) is 6.53. The van der Waals surface area contributed by atoms with Crippen LogP contribution in [0, 0.1) is 19.8 Å². The van der Waals surface area contributed by atoms with E-state index < -0.39 is 35.5 Å². The monoisotopic (exact) mass is 530 g/mol. The van der Waals surface area contributed by atoms with Gasteiger partial charge in [0.2, 0.25) is 11.8 Å². The summed E-state index contributed by atoms with van der Waals surface area (Å²) in [6.45, 7) is 9.37. The standard InChI is InChI=1S/C27H33F3N6O2/c1-17-5-4-6-21-24(17)35(12-11-34-9-7-33(3)8-10-34)16-19-14-23(37)36(25(19)26(38)32-21)22-15-20(27(28,29)30)13-18(2)31-22/h4-6,13,15,19,25H,7-12,14,16H2,1-3H3,(H,32,38)/t19?,25-/m0/s1. The molecule has 1 unspecified atom stereocenters. The third-order valence-corrected chi connectivity index (χ3v) is 7.76. The fourth-order valence-corrected chi connectivity index (χ4v) is 5.80. The SMILES string of the molecule is Cc1cc(C(F)(F)F)cc(N2C(=O)CC3CN(CCN4CCN(C)CC4)c4c(C)cccc4NC(=O)[C@H]32)n1. The Morgan fingerprint density at radius 3 is 2.50 bits per heavy atom. The van der Waals surface area contributed by atoms with E-state index in [9.17, 15) is 22.8 Å². The molecule has 3 aliphatic heterocycles. The molecule has 0 radical (unpaired) electrons. The van der Waals surface area contributed by atoms with E-state index in [1.807, 2.05) is 25.1 Å². The highest BCUT2D eigenvalue weighted by atomic mass is 19.4. The van der Waals surface area contributed by atoms with E-state index in [0.717, 1.165) is 56.1 Å². The van der Waals surface area contributed by atoms with E-state index >= 15 is 0 Å². The number of rotatable bonds is 4. The number of piperazine rings is 1. The molecule has 11 heteroatoms. The normalized spacial score (nSPS) is 23.1. The molecule has 2 atom stereocenters. The van der Waals surface area contributed by atoms with Gasteiger partial charge < -0.3 is 15.1 Å². The summed E-state index contributed by atoms with van der Waals surface area (Å²) in [4.78, 5) is 39.2. The Morgan fingerprint density at radius 2 is 1.79 bits per heavy atom. The largest absolute Gasteiger partial charge is 0.416 e. The third-order valence-electron chi connectivity index (χ3n) is 7.76. The fraction of sp³-hybridized carbons (Fsp3) is 0.519. The highest BCUT2D eigenvalue weighted by Crippen LogP contribution is 2.40. The molecule has 2 aromatic rings. The second-order valence-corrected chi connectivity index (χ2v) is 10.6. The van der Waals surface area contributed by atoms with Crippen molar-refractivity contribution < 1.29 is 22.8 Å². The van der Waals surface area contributed by atoms with Crippen molar-refractivity contribution in [3.63, 3.8) is 0 Å². The van der Waals surface area contributed by atoms with E-state index in [1.54, 1.807) is 0 Å². The van der Waals surface area contributed by atoms with Crippen LogP contribution in [0.2, 0.25) is 0 Å². The predicted molar refractivity (Wildman–Crippen MR) is 139 cm³/mol. The van der Waals surface area contributed by atoms with Crippen molar-refractivity contribution in [2.75, 3.05) is 68.0 Å². The van der Waals surface area contributed by atoms with E-state index in [4.69, 9.17) is 0 Å². The average molecular weight is 531 g/mol. The van der Waals surface area contributed by atoms with Crippen molar-refractivity contribution in [3.8, 4) is 0 Å². The van der Waals surface area contributed by atoms with Crippen molar-refractivity contribution >= 4 is 29.0 Å². The molecule has 204 valence electrons. The van der Waals surface area contributed by atoms with Gasteiger partial charge in [-0.25, -0.2) is 4.98 Å². The molecule has 2 amide bonds. The highest BCUT2D eigenvalue weighted by molar-refractivity contribution is 6.09. The maximum Gasteiger partial charge on any atom is 0.416 e. The quantitative estimate of drug-likeness (QED) is 0.655. The number of anilines is 3. The van der Waals surface area contributed by atoms with Gasteiger partial charge in [-0.3, -0.25) is 19.4 Å². The number of benzene rings is 1. The van der Waals surface area contributed by atoms with E-state index in [0.29, 0.717) is 18.8 Å². The fourth-order valence-electron chi connectivity index (χ4n) is 5.80. The number of pyridine rings is 1. The number of carbonyl (C=O) groups excluding carboxylic acids is 2. The Balaban J connectivity index is 1.48. The van der Waals surface area contributed by atoms with Crippen LogP contribution in [0.15, 0.2) is 30.3 Å². The lowest BCUT2D eigenvalue weighted by Gasteiger charge is -2.38. The number of hydrogen-bond donors (Lipinski definition) is 1. The van der Waals surface area contributed by atoms with Crippen molar-refractivity contribution in [3.05, 3.63) is 47.2 Å². The number of fused-ring (bicyclic) bond motifs is 2. The maximum absolute atomic E-state index is 13.6. The van der Waals surface area contributed by atoms with Crippen LogP contribution in [0.3, 0.4) is 0 Å². The van der Waals surface area contributed by atoms with E-state index in [2.05, 4.69) is 32.0 Å². The number of nitrogens with one attached hydrogen (secondary N) is 1. The van der Waals surface area contributed by atoms with Gasteiger partial charge in [0.05, 0.1) is 16.9 Å². The van der Waals surface area contributed by atoms with Crippen LogP contribution in [-0.2, 0) is 15.8 Å². The number of hydrogen-bond acceptors (Lipinski definition) is 6. The lowest BCUT2D eigenvalue weighted by Crippen LogP contribution is -2.51. The van der Waals surface area contributed by atoms with Crippen LogP contribution < -0.4 is 15.1 Å². The minimum absolute atomic E-state index is 0.0568. The van der Waals surface area contributed by atoms with Crippen LogP contribution in [-0.4, -0.2) is 85.5 Å². The number of halogens is 3. The Morgan fingerprint density at radius 1 is 1.05 bits per heavy atom. The first-order valence-electron chi connectivity index (χ1n) is 13.0. The van der Waals surface area contributed by atoms with Gasteiger partial charge in [0, 0.05) is 63.8 Å². The van der Waals surface area contributed by atoms with Gasteiger partial charge in [-0.1, -0.05) is 12.1 Å². The maximum atomic E-state index is 13.6. The number of nitrogens with zero attached hydrogens (tertiary/aromatic N) is 5. The lowest BCUT2D eigenvalue weighted by molar-refractivity contribution is -0.137. The number of para-hydroxylation sites is 1. The van der Waals surface area contributed by atoms with Crippen molar-refractivity contribution in [1.29, 1.82) is 0 Å². The molecule has 3 aliphatic rings. The molecular weight excluding hydrogens is 497 g/mol. The predicted octanol–water partition coefficient (Wildman–Crippen LogP) is 3.14. The van der Waals surface area contributed by atoms with Gasteiger partial charge in [0.25, 0.3) is 0 Å². The molecule has 0 aliphatic carbocycles. The number of carbonyl (C=O) groups is 2. The molecule has 4 heterocycles. The molecule has 1 aromatic carbocycles. The minimum atomic E-state index is -4.59. The van der Waals surface area contributed by atoms with Crippen molar-refractivity contribution in [2.45, 2.75) is 32.5 Å². The Kier molecular flexibility index (Phi) is 7.08. The van der Waals surface area contributed by atoms with E-state index in [-0.39, 0.29) is 17.9 Å². The van der Waals surface area contributed by atoms with Crippen LogP contribution in [0.25, 0.3) is 0 Å². The number of likely N-dealkylation sites (N-methyl/N-ethyl adjacent to an activating group) is 1. The van der Waals surface area contributed by atoms with Gasteiger partial charge in [0.1, 0.15) is 11.9 Å². The number of amides is 2. The summed E-state index contributed by atoms with van der Waals surface area (Å²) in [5.74, 6) is -1.36. The van der Waals surface area contributed by atoms with E-state index in [1.165, 1.54) is 11.8 Å². The number of aromatic nitrogens is 1. The smallest absolute Gasteiger partial charge is 0.368 e. The molecule has 0 spiro atoms. The summed E-state index contributed by atoms with van der Waals surface area (Å²) in [7, 11) is 2.11. The minimum Gasteiger partial charge on any atom is -0.368 e. The summed E-state index contributed by atoms with van der Waals surface area (Å²) in [5.41, 5.74) is 1.81. The summed E-state index contributed by atoms with van der Waals surface area (Å²) in [5, 5.41) is 2.98. The Bertz CT molecular complexity index is 1230. The molecule has 38 heavy (non-hydrogen) atoms. The Hall–Kier alpha value is -3.18. The van der Waals surface area contributed by atoms with Crippen molar-refractivity contribution in [2.24, 2.45) is 5.92 Å². The average Bonchev–Trinajstić information content (AvgIpc) is 3.16. The zero-order valence-corrected chi connectivity index (χ0v) is 21.9. The lowest BCUT2D eigenvalue weighted by atomic mass is 9.95. The second kappa shape index (κ2) is 10.2. The topological polar surface area (TPSA) is 72.0 Å². The molecule has 2 saturated heterocycles. The summed E-state index contributed by atoms with van der Waals surface area (Å²) < 4.78 is 40.7.